The van der Waals surface area contributed by atoms with Crippen LogP contribution >= 0.6 is 0 Å². The first kappa shape index (κ1) is 11.0. The summed E-state index contributed by atoms with van der Waals surface area (Å²) in [5.41, 5.74) is 3.23. The highest BCUT2D eigenvalue weighted by Gasteiger charge is 2.18. The van der Waals surface area contributed by atoms with Crippen LogP contribution in [0.15, 0.2) is 28.8 Å². The molecule has 0 saturated carbocycles. The van der Waals surface area contributed by atoms with Crippen molar-refractivity contribution in [2.45, 2.75) is 26.2 Å². The summed E-state index contributed by atoms with van der Waals surface area (Å²) >= 11 is 0. The predicted molar refractivity (Wildman–Crippen MR) is 68.0 cm³/mol. The van der Waals surface area contributed by atoms with E-state index in [2.05, 4.69) is 16.4 Å². The van der Waals surface area contributed by atoms with Gasteiger partial charge in [-0.1, -0.05) is 12.1 Å². The highest BCUT2D eigenvalue weighted by atomic mass is 16.4. The molecule has 0 aliphatic heterocycles. The van der Waals surface area contributed by atoms with Crippen LogP contribution in [0.2, 0.25) is 0 Å². The molecule has 1 aromatic heterocycles. The first-order valence-corrected chi connectivity index (χ1v) is 6.04. The number of hydrogen-bond donors (Lipinski definition) is 1. The first-order valence-electron chi connectivity index (χ1n) is 6.04. The van der Waals surface area contributed by atoms with Crippen molar-refractivity contribution in [1.82, 2.24) is 4.98 Å². The second-order valence-corrected chi connectivity index (χ2v) is 4.56. The molecule has 1 aliphatic rings. The average molecular weight is 242 g/mol. The van der Waals surface area contributed by atoms with Crippen LogP contribution in [0.5, 0.6) is 0 Å². The number of rotatable bonds is 2. The number of anilines is 2. The van der Waals surface area contributed by atoms with Crippen molar-refractivity contribution in [1.29, 1.82) is 0 Å². The van der Waals surface area contributed by atoms with E-state index in [0.717, 1.165) is 23.4 Å². The van der Waals surface area contributed by atoms with Crippen molar-refractivity contribution < 1.29 is 9.21 Å². The summed E-state index contributed by atoms with van der Waals surface area (Å²) in [6.07, 6.45) is 3.64. The Morgan fingerprint density at radius 3 is 3.00 bits per heavy atom. The van der Waals surface area contributed by atoms with Crippen molar-refractivity contribution in [2.75, 3.05) is 5.32 Å². The van der Waals surface area contributed by atoms with E-state index in [4.69, 9.17) is 4.42 Å². The third-order valence-electron chi connectivity index (χ3n) is 3.18. The van der Waals surface area contributed by atoms with Crippen LogP contribution in [0.25, 0.3) is 0 Å². The monoisotopic (exact) mass is 242 g/mol. The quantitative estimate of drug-likeness (QED) is 0.879. The highest BCUT2D eigenvalue weighted by Crippen LogP contribution is 2.28. The molecule has 2 aromatic rings. The van der Waals surface area contributed by atoms with Crippen molar-refractivity contribution in [3.63, 3.8) is 0 Å². The summed E-state index contributed by atoms with van der Waals surface area (Å²) in [6, 6.07) is 6.50. The van der Waals surface area contributed by atoms with E-state index in [0.29, 0.717) is 24.6 Å². The molecular weight excluding hydrogens is 228 g/mol. The van der Waals surface area contributed by atoms with Crippen LogP contribution in [-0.2, 0) is 17.6 Å². The maximum Gasteiger partial charge on any atom is 0.299 e. The van der Waals surface area contributed by atoms with Crippen molar-refractivity contribution >= 4 is 17.5 Å². The normalized spacial score (nSPS) is 14.4. The number of nitrogens with one attached hydrogen (secondary N) is 1. The van der Waals surface area contributed by atoms with Gasteiger partial charge in [0.25, 0.3) is 6.01 Å². The molecule has 0 unspecified atom stereocenters. The number of fused-ring (bicyclic) bond motifs is 1. The zero-order valence-corrected chi connectivity index (χ0v) is 10.2. The standard InChI is InChI=1S/C14H14N2O2/c1-9-8-15-14(18-9)16-13-4-2-3-10-5-6-11(17)7-12(10)13/h2-4,8H,5-7H2,1H3,(H,15,16). The van der Waals surface area contributed by atoms with Gasteiger partial charge in [0.05, 0.1) is 6.20 Å². The van der Waals surface area contributed by atoms with Gasteiger partial charge in [-0.3, -0.25) is 4.79 Å². The number of aryl methyl sites for hydroxylation is 2. The molecule has 0 amide bonds. The Morgan fingerprint density at radius 1 is 1.33 bits per heavy atom. The van der Waals surface area contributed by atoms with Gasteiger partial charge in [-0.25, -0.2) is 4.98 Å². The number of carbonyl (C=O) groups excluding carboxylic acids is 1. The summed E-state index contributed by atoms with van der Waals surface area (Å²) in [7, 11) is 0. The number of carbonyl (C=O) groups is 1. The number of Topliss-reactive ketones (excluding diaryl/α,β-unsaturated/α-hetero) is 1. The first-order chi connectivity index (χ1) is 8.72. The Balaban J connectivity index is 1.95. The van der Waals surface area contributed by atoms with Gasteiger partial charge in [-0.05, 0) is 30.5 Å². The Kier molecular flexibility index (Phi) is 2.63. The maximum absolute atomic E-state index is 11.6. The molecule has 1 aliphatic carbocycles. The van der Waals surface area contributed by atoms with Gasteiger partial charge >= 0.3 is 0 Å². The van der Waals surface area contributed by atoms with E-state index in [-0.39, 0.29) is 0 Å². The summed E-state index contributed by atoms with van der Waals surface area (Å²) in [6.45, 7) is 1.85. The van der Waals surface area contributed by atoms with Crippen LogP contribution in [0.1, 0.15) is 23.3 Å². The van der Waals surface area contributed by atoms with Crippen molar-refractivity contribution in [3.05, 3.63) is 41.3 Å². The average Bonchev–Trinajstić information content (AvgIpc) is 2.76. The second kappa shape index (κ2) is 4.29. The summed E-state index contributed by atoms with van der Waals surface area (Å²) in [4.78, 5) is 15.7. The number of hydrogen-bond acceptors (Lipinski definition) is 4. The lowest BCUT2D eigenvalue weighted by Crippen LogP contribution is -2.14. The van der Waals surface area contributed by atoms with E-state index in [1.165, 1.54) is 5.56 Å². The van der Waals surface area contributed by atoms with E-state index < -0.39 is 0 Å². The lowest BCUT2D eigenvalue weighted by molar-refractivity contribution is -0.118. The molecular formula is C14H14N2O2. The minimum Gasteiger partial charge on any atom is -0.429 e. The number of aromatic nitrogens is 1. The smallest absolute Gasteiger partial charge is 0.299 e. The summed E-state index contributed by atoms with van der Waals surface area (Å²) in [5, 5.41) is 3.14. The topological polar surface area (TPSA) is 55.1 Å². The molecule has 3 rings (SSSR count). The van der Waals surface area contributed by atoms with E-state index in [1.807, 2.05) is 19.1 Å². The second-order valence-electron chi connectivity index (χ2n) is 4.56. The highest BCUT2D eigenvalue weighted by molar-refractivity contribution is 5.85. The van der Waals surface area contributed by atoms with Crippen molar-refractivity contribution in [3.8, 4) is 0 Å². The third kappa shape index (κ3) is 2.01. The van der Waals surface area contributed by atoms with Gasteiger partial charge in [0.1, 0.15) is 11.5 Å². The molecule has 0 fully saturated rings. The van der Waals surface area contributed by atoms with Crippen LogP contribution in [0.3, 0.4) is 0 Å². The molecule has 0 bridgehead atoms. The fourth-order valence-electron chi connectivity index (χ4n) is 2.28. The van der Waals surface area contributed by atoms with Gasteiger partial charge < -0.3 is 9.73 Å². The Hall–Kier alpha value is -2.10. The van der Waals surface area contributed by atoms with E-state index >= 15 is 0 Å². The molecule has 1 aromatic carbocycles. The Labute approximate surface area is 105 Å². The van der Waals surface area contributed by atoms with Gasteiger partial charge in [0.2, 0.25) is 0 Å². The Morgan fingerprint density at radius 2 is 2.22 bits per heavy atom. The third-order valence-corrected chi connectivity index (χ3v) is 3.18. The molecule has 0 radical (unpaired) electrons. The van der Waals surface area contributed by atoms with Crippen LogP contribution in [0.4, 0.5) is 11.7 Å². The summed E-state index contributed by atoms with van der Waals surface area (Å²) in [5.74, 6) is 1.05. The maximum atomic E-state index is 11.6. The molecule has 0 spiro atoms. The molecule has 0 saturated heterocycles. The minimum absolute atomic E-state index is 0.292. The predicted octanol–water partition coefficient (Wildman–Crippen LogP) is 2.78. The van der Waals surface area contributed by atoms with Crippen LogP contribution in [0, 0.1) is 6.92 Å². The molecule has 92 valence electrons. The van der Waals surface area contributed by atoms with Crippen molar-refractivity contribution in [2.24, 2.45) is 0 Å². The lowest BCUT2D eigenvalue weighted by Gasteiger charge is -2.18. The summed E-state index contributed by atoms with van der Waals surface area (Å²) < 4.78 is 5.40. The number of oxazole rings is 1. The number of nitrogens with zero attached hydrogens (tertiary/aromatic N) is 1. The van der Waals surface area contributed by atoms with Crippen LogP contribution in [-0.4, -0.2) is 10.8 Å². The van der Waals surface area contributed by atoms with Gasteiger partial charge in [-0.15, -0.1) is 0 Å². The molecule has 4 nitrogen and oxygen atoms in total. The minimum atomic E-state index is 0.292. The van der Waals surface area contributed by atoms with E-state index in [1.54, 1.807) is 6.20 Å². The van der Waals surface area contributed by atoms with E-state index in [9.17, 15) is 4.79 Å². The molecule has 4 heteroatoms. The zero-order valence-electron chi connectivity index (χ0n) is 10.2. The molecule has 1 heterocycles. The number of benzene rings is 1. The fraction of sp³-hybridized carbons (Fsp3) is 0.286. The lowest BCUT2D eigenvalue weighted by atomic mass is 9.89. The Bertz CT molecular complexity index is 602. The molecule has 0 atom stereocenters. The zero-order chi connectivity index (χ0) is 12.5. The number of ketones is 1. The fourth-order valence-corrected chi connectivity index (χ4v) is 2.28. The van der Waals surface area contributed by atoms with Gasteiger partial charge in [0, 0.05) is 18.5 Å². The largest absolute Gasteiger partial charge is 0.429 e. The van der Waals surface area contributed by atoms with Gasteiger partial charge in [0.15, 0.2) is 0 Å². The van der Waals surface area contributed by atoms with Gasteiger partial charge in [-0.2, -0.15) is 0 Å². The van der Waals surface area contributed by atoms with Crippen LogP contribution < -0.4 is 5.32 Å². The SMILES string of the molecule is Cc1cnc(Nc2cccc3c2CC(=O)CC3)o1. The molecule has 1 N–H and O–H groups in total. The molecule has 18 heavy (non-hydrogen) atoms.